The molecular weight excluding hydrogens is 404 g/mol. The summed E-state index contributed by atoms with van der Waals surface area (Å²) in [6, 6.07) is 4.28. The van der Waals surface area contributed by atoms with E-state index in [9.17, 15) is 9.59 Å². The van der Waals surface area contributed by atoms with E-state index in [4.69, 9.17) is 0 Å². The van der Waals surface area contributed by atoms with Crippen LogP contribution in [-0.4, -0.2) is 37.1 Å². The van der Waals surface area contributed by atoms with Crippen molar-refractivity contribution in [2.24, 2.45) is 7.05 Å². The maximum atomic E-state index is 13.1. The van der Waals surface area contributed by atoms with Crippen LogP contribution in [0.1, 0.15) is 47.8 Å². The topological polar surface area (TPSA) is 71.0 Å². The number of carbonyl (C=O) groups is 1. The van der Waals surface area contributed by atoms with Crippen molar-refractivity contribution in [3.05, 3.63) is 50.6 Å². The van der Waals surface area contributed by atoms with Crippen molar-refractivity contribution in [3.63, 3.8) is 0 Å². The van der Waals surface area contributed by atoms with Crippen molar-refractivity contribution in [2.75, 3.05) is 6.54 Å². The fourth-order valence-corrected chi connectivity index (χ4v) is 5.91. The fourth-order valence-electron chi connectivity index (χ4n) is 4.03. The standard InChI is InChI=1S/C21H26N4O2S2/c1-12-13(2)29-20-18(12)19(26)22-17(23-20)11-28-14(3)21(27)25-10-6-8-16(25)15-7-5-9-24(15)4/h5,7,9,14,16H,6,8,10-11H2,1-4H3,(H,22,23,26). The first-order chi connectivity index (χ1) is 13.9. The molecule has 4 rings (SSSR count). The largest absolute Gasteiger partial charge is 0.353 e. The molecule has 29 heavy (non-hydrogen) atoms. The number of aryl methyl sites for hydroxylation is 3. The Morgan fingerprint density at radius 1 is 1.45 bits per heavy atom. The van der Waals surface area contributed by atoms with E-state index < -0.39 is 0 Å². The highest BCUT2D eigenvalue weighted by Crippen LogP contribution is 2.34. The molecule has 1 fully saturated rings. The van der Waals surface area contributed by atoms with Crippen molar-refractivity contribution >= 4 is 39.2 Å². The molecule has 0 bridgehead atoms. The van der Waals surface area contributed by atoms with Crippen LogP contribution in [0.3, 0.4) is 0 Å². The number of thiophene rings is 1. The van der Waals surface area contributed by atoms with Crippen molar-refractivity contribution in [3.8, 4) is 0 Å². The number of H-pyrrole nitrogens is 1. The SMILES string of the molecule is Cc1sc2nc(CSC(C)C(=O)N3CCCC3c3cccn3C)[nH]c(=O)c2c1C. The number of rotatable bonds is 5. The van der Waals surface area contributed by atoms with Crippen LogP contribution in [0.15, 0.2) is 23.1 Å². The minimum absolute atomic E-state index is 0.0882. The summed E-state index contributed by atoms with van der Waals surface area (Å²) in [5, 5.41) is 0.497. The predicted octanol–water partition coefficient (Wildman–Crippen LogP) is 3.93. The van der Waals surface area contributed by atoms with Crippen LogP contribution in [-0.2, 0) is 17.6 Å². The second-order valence-corrected chi connectivity index (χ2v) is 10.2. The van der Waals surface area contributed by atoms with Crippen LogP contribution < -0.4 is 5.56 Å². The highest BCUT2D eigenvalue weighted by atomic mass is 32.2. The number of aromatic nitrogens is 3. The van der Waals surface area contributed by atoms with E-state index in [2.05, 4.69) is 20.6 Å². The first kappa shape index (κ1) is 20.2. The van der Waals surface area contributed by atoms with Gasteiger partial charge in [-0.05, 0) is 51.3 Å². The summed E-state index contributed by atoms with van der Waals surface area (Å²) in [5.41, 5.74) is 2.10. The molecule has 2 atom stereocenters. The quantitative estimate of drug-likeness (QED) is 0.666. The number of nitrogens with one attached hydrogen (secondary N) is 1. The Hall–Kier alpha value is -2.06. The summed E-state index contributed by atoms with van der Waals surface area (Å²) in [7, 11) is 2.03. The minimum Gasteiger partial charge on any atom is -0.353 e. The molecule has 0 saturated carbocycles. The van der Waals surface area contributed by atoms with Crippen LogP contribution in [0.4, 0.5) is 0 Å². The van der Waals surface area contributed by atoms with Crippen molar-refractivity contribution in [1.82, 2.24) is 19.4 Å². The highest BCUT2D eigenvalue weighted by Gasteiger charge is 2.33. The summed E-state index contributed by atoms with van der Waals surface area (Å²) in [6.07, 6.45) is 4.06. The molecule has 1 aliphatic heterocycles. The van der Waals surface area contributed by atoms with Crippen molar-refractivity contribution in [2.45, 2.75) is 50.7 Å². The van der Waals surface area contributed by atoms with Gasteiger partial charge in [-0.1, -0.05) is 0 Å². The van der Waals surface area contributed by atoms with E-state index >= 15 is 0 Å². The van der Waals surface area contributed by atoms with Crippen molar-refractivity contribution < 1.29 is 4.79 Å². The Bertz CT molecular complexity index is 1110. The fraction of sp³-hybridized carbons (Fsp3) is 0.476. The Balaban J connectivity index is 1.46. The number of carbonyl (C=O) groups excluding carboxylic acids is 1. The third-order valence-electron chi connectivity index (χ3n) is 5.77. The molecule has 8 heteroatoms. The highest BCUT2D eigenvalue weighted by molar-refractivity contribution is 7.99. The number of hydrogen-bond acceptors (Lipinski definition) is 5. The van der Waals surface area contributed by atoms with Crippen LogP contribution >= 0.6 is 23.1 Å². The van der Waals surface area contributed by atoms with E-state index in [0.29, 0.717) is 17.0 Å². The number of fused-ring (bicyclic) bond motifs is 1. The molecule has 6 nitrogen and oxygen atoms in total. The van der Waals surface area contributed by atoms with Gasteiger partial charge in [-0.15, -0.1) is 23.1 Å². The number of likely N-dealkylation sites (tertiary alicyclic amines) is 1. The molecule has 0 radical (unpaired) electrons. The molecule has 1 N–H and O–H groups in total. The zero-order chi connectivity index (χ0) is 20.7. The summed E-state index contributed by atoms with van der Waals surface area (Å²) in [6.45, 7) is 6.72. The average Bonchev–Trinajstić information content (AvgIpc) is 3.38. The molecule has 3 aromatic rings. The van der Waals surface area contributed by atoms with Gasteiger partial charge in [0.05, 0.1) is 22.4 Å². The van der Waals surface area contributed by atoms with Gasteiger partial charge in [0, 0.05) is 30.4 Å². The average molecular weight is 431 g/mol. The molecular formula is C21H26N4O2S2. The van der Waals surface area contributed by atoms with E-state index in [0.717, 1.165) is 34.7 Å². The Morgan fingerprint density at radius 3 is 2.97 bits per heavy atom. The summed E-state index contributed by atoms with van der Waals surface area (Å²) >= 11 is 3.08. The Morgan fingerprint density at radius 2 is 2.24 bits per heavy atom. The molecule has 1 saturated heterocycles. The summed E-state index contributed by atoms with van der Waals surface area (Å²) < 4.78 is 2.10. The van der Waals surface area contributed by atoms with Gasteiger partial charge in [0.1, 0.15) is 10.7 Å². The summed E-state index contributed by atoms with van der Waals surface area (Å²) in [5.74, 6) is 1.30. The third-order valence-corrected chi connectivity index (χ3v) is 8.01. The molecule has 0 aromatic carbocycles. The Kier molecular flexibility index (Phi) is 5.57. The molecule has 0 aliphatic carbocycles. The van der Waals surface area contributed by atoms with E-state index in [1.165, 1.54) is 17.5 Å². The monoisotopic (exact) mass is 430 g/mol. The second kappa shape index (κ2) is 7.99. The second-order valence-electron chi connectivity index (χ2n) is 7.66. The van der Waals surface area contributed by atoms with Crippen LogP contribution in [0.5, 0.6) is 0 Å². The number of nitrogens with zero attached hydrogens (tertiary/aromatic N) is 3. The lowest BCUT2D eigenvalue weighted by Gasteiger charge is -2.27. The van der Waals surface area contributed by atoms with Gasteiger partial charge in [-0.25, -0.2) is 4.98 Å². The van der Waals surface area contributed by atoms with Crippen LogP contribution in [0.2, 0.25) is 0 Å². The van der Waals surface area contributed by atoms with Crippen LogP contribution in [0, 0.1) is 13.8 Å². The predicted molar refractivity (Wildman–Crippen MR) is 120 cm³/mol. The van der Waals surface area contributed by atoms with Gasteiger partial charge in [0.15, 0.2) is 0 Å². The molecule has 0 spiro atoms. The molecule has 4 heterocycles. The van der Waals surface area contributed by atoms with Crippen LogP contribution in [0.25, 0.3) is 10.2 Å². The van der Waals surface area contributed by atoms with Crippen molar-refractivity contribution in [1.29, 1.82) is 0 Å². The molecule has 3 aromatic heterocycles. The smallest absolute Gasteiger partial charge is 0.259 e. The lowest BCUT2D eigenvalue weighted by molar-refractivity contribution is -0.131. The normalized spacial score (nSPS) is 17.9. The number of thioether (sulfide) groups is 1. The lowest BCUT2D eigenvalue weighted by Crippen LogP contribution is -2.36. The first-order valence-corrected chi connectivity index (χ1v) is 11.8. The third kappa shape index (κ3) is 3.75. The van der Waals surface area contributed by atoms with E-state index in [1.807, 2.05) is 45.0 Å². The number of aromatic amines is 1. The molecule has 2 unspecified atom stereocenters. The Labute approximate surface area is 178 Å². The zero-order valence-electron chi connectivity index (χ0n) is 17.2. The first-order valence-electron chi connectivity index (χ1n) is 9.89. The van der Waals surface area contributed by atoms with Gasteiger partial charge in [-0.2, -0.15) is 0 Å². The van der Waals surface area contributed by atoms with Gasteiger partial charge in [0.25, 0.3) is 5.56 Å². The minimum atomic E-state index is -0.191. The number of hydrogen-bond donors (Lipinski definition) is 1. The zero-order valence-corrected chi connectivity index (χ0v) is 18.8. The van der Waals surface area contributed by atoms with Gasteiger partial charge in [0.2, 0.25) is 5.91 Å². The van der Waals surface area contributed by atoms with Gasteiger partial charge < -0.3 is 14.5 Å². The number of amides is 1. The molecule has 154 valence electrons. The molecule has 1 aliphatic rings. The van der Waals surface area contributed by atoms with Gasteiger partial charge >= 0.3 is 0 Å². The lowest BCUT2D eigenvalue weighted by atomic mass is 10.1. The maximum absolute atomic E-state index is 13.1. The maximum Gasteiger partial charge on any atom is 0.259 e. The van der Waals surface area contributed by atoms with Gasteiger partial charge in [-0.3, -0.25) is 9.59 Å². The van der Waals surface area contributed by atoms with E-state index in [-0.39, 0.29) is 22.8 Å². The van der Waals surface area contributed by atoms with E-state index in [1.54, 1.807) is 11.3 Å². The summed E-state index contributed by atoms with van der Waals surface area (Å²) in [4.78, 5) is 37.0. The molecule has 1 amide bonds.